The third kappa shape index (κ3) is 9.41. The number of hydrogen-bond acceptors (Lipinski definition) is 11. The van der Waals surface area contributed by atoms with E-state index in [4.69, 9.17) is 9.47 Å². The van der Waals surface area contributed by atoms with Crippen LogP contribution < -0.4 is 10.1 Å². The first-order valence-electron chi connectivity index (χ1n) is 7.93. The largest absolute Gasteiger partial charge is 0.461 e. The predicted octanol–water partition coefficient (Wildman–Crippen LogP) is 1.47. The molecule has 0 aliphatic heterocycles. The van der Waals surface area contributed by atoms with E-state index >= 15 is 0 Å². The smallest absolute Gasteiger partial charge is 0.342 e. The SMILES string of the molecule is CNc1ccc(OC(=O)CCCO[N+](=O)[O-])c(C(=O)OCCSS(C)(=O)=O)c1. The number of nitrogens with one attached hydrogen (secondary N) is 1. The van der Waals surface area contributed by atoms with Gasteiger partial charge >= 0.3 is 11.9 Å². The van der Waals surface area contributed by atoms with Crippen molar-refractivity contribution in [2.75, 3.05) is 37.6 Å². The van der Waals surface area contributed by atoms with Gasteiger partial charge in [-0.2, -0.15) is 0 Å². The zero-order valence-corrected chi connectivity index (χ0v) is 16.8. The maximum Gasteiger partial charge on any atom is 0.342 e. The number of anilines is 1. The molecule has 1 aromatic rings. The van der Waals surface area contributed by atoms with Gasteiger partial charge in [0.1, 0.15) is 17.9 Å². The van der Waals surface area contributed by atoms with Gasteiger partial charge in [-0.25, -0.2) is 13.2 Å². The summed E-state index contributed by atoms with van der Waals surface area (Å²) in [6.07, 6.45) is 0.960. The maximum absolute atomic E-state index is 12.3. The Morgan fingerprint density at radius 2 is 2.00 bits per heavy atom. The summed E-state index contributed by atoms with van der Waals surface area (Å²) < 4.78 is 32.3. The fourth-order valence-corrected chi connectivity index (χ4v) is 3.43. The number of ether oxygens (including phenoxy) is 2. The fourth-order valence-electron chi connectivity index (χ4n) is 1.86. The Bertz CT molecular complexity index is 812. The molecular weight excluding hydrogens is 416 g/mol. The summed E-state index contributed by atoms with van der Waals surface area (Å²) in [6, 6.07) is 4.40. The van der Waals surface area contributed by atoms with E-state index < -0.39 is 25.9 Å². The van der Waals surface area contributed by atoms with Crippen molar-refractivity contribution in [3.05, 3.63) is 33.9 Å². The molecule has 1 aromatic carbocycles. The molecule has 0 amide bonds. The van der Waals surface area contributed by atoms with E-state index in [9.17, 15) is 28.1 Å². The standard InChI is InChI=1S/C15H20N2O9S2/c1-16-11-5-6-13(26-14(18)4-3-7-25-17(20)21)12(10-11)15(19)24-8-9-27-28(2,22)23/h5-6,10,16H,3-4,7-9H2,1-2H3. The third-order valence-corrected chi connectivity index (χ3v) is 5.59. The van der Waals surface area contributed by atoms with Crippen molar-refractivity contribution in [2.45, 2.75) is 12.8 Å². The lowest BCUT2D eigenvalue weighted by Crippen LogP contribution is -2.15. The normalized spacial score (nSPS) is 10.8. The lowest BCUT2D eigenvalue weighted by molar-refractivity contribution is -0.757. The average molecular weight is 436 g/mol. The molecule has 0 unspecified atom stereocenters. The molecule has 0 heterocycles. The van der Waals surface area contributed by atoms with Crippen LogP contribution in [0.4, 0.5) is 5.69 Å². The Morgan fingerprint density at radius 3 is 2.61 bits per heavy atom. The van der Waals surface area contributed by atoms with E-state index in [1.165, 1.54) is 12.1 Å². The summed E-state index contributed by atoms with van der Waals surface area (Å²) in [5.41, 5.74) is 0.544. The zero-order chi connectivity index (χ0) is 21.2. The van der Waals surface area contributed by atoms with Crippen LogP contribution in [0.15, 0.2) is 18.2 Å². The van der Waals surface area contributed by atoms with Crippen molar-refractivity contribution in [2.24, 2.45) is 0 Å². The van der Waals surface area contributed by atoms with E-state index in [-0.39, 0.29) is 43.1 Å². The highest BCUT2D eigenvalue weighted by Gasteiger charge is 2.18. The van der Waals surface area contributed by atoms with Gasteiger partial charge < -0.3 is 19.6 Å². The molecule has 13 heteroatoms. The maximum atomic E-state index is 12.3. The molecule has 0 spiro atoms. The Kier molecular flexibility index (Phi) is 9.51. The third-order valence-electron chi connectivity index (χ3n) is 3.05. The topological polar surface area (TPSA) is 151 Å². The minimum absolute atomic E-state index is 0.0221. The van der Waals surface area contributed by atoms with Crippen molar-refractivity contribution in [3.63, 3.8) is 0 Å². The minimum Gasteiger partial charge on any atom is -0.461 e. The van der Waals surface area contributed by atoms with Crippen molar-refractivity contribution in [1.82, 2.24) is 0 Å². The number of nitrogens with zero attached hydrogens (tertiary/aromatic N) is 1. The molecule has 0 aliphatic rings. The van der Waals surface area contributed by atoms with Gasteiger partial charge in [-0.05, 0) is 35.4 Å². The van der Waals surface area contributed by atoms with E-state index in [0.29, 0.717) is 16.5 Å². The van der Waals surface area contributed by atoms with Crippen LogP contribution >= 0.6 is 10.8 Å². The molecule has 1 N–H and O–H groups in total. The van der Waals surface area contributed by atoms with Crippen LogP contribution in [0.1, 0.15) is 23.2 Å². The van der Waals surface area contributed by atoms with Crippen LogP contribution in [0, 0.1) is 10.1 Å². The highest BCUT2D eigenvalue weighted by atomic mass is 33.1. The highest BCUT2D eigenvalue weighted by molar-refractivity contribution is 8.71. The molecule has 0 atom stereocenters. The number of hydrogen-bond donors (Lipinski definition) is 1. The Morgan fingerprint density at radius 1 is 1.29 bits per heavy atom. The lowest BCUT2D eigenvalue weighted by atomic mass is 10.1. The minimum atomic E-state index is -3.24. The summed E-state index contributed by atoms with van der Waals surface area (Å²) in [5, 5.41) is 11.9. The summed E-state index contributed by atoms with van der Waals surface area (Å²) >= 11 is 0. The van der Waals surface area contributed by atoms with E-state index in [2.05, 4.69) is 10.2 Å². The quantitative estimate of drug-likeness (QED) is 0.127. The summed E-state index contributed by atoms with van der Waals surface area (Å²) in [4.78, 5) is 38.3. The summed E-state index contributed by atoms with van der Waals surface area (Å²) in [7, 11) is -0.967. The van der Waals surface area contributed by atoms with Crippen LogP contribution in [0.2, 0.25) is 0 Å². The van der Waals surface area contributed by atoms with Gasteiger partial charge in [-0.3, -0.25) is 4.79 Å². The number of benzene rings is 1. The van der Waals surface area contributed by atoms with E-state index in [1.54, 1.807) is 13.1 Å². The van der Waals surface area contributed by atoms with Gasteiger partial charge in [-0.15, -0.1) is 10.1 Å². The molecule has 156 valence electrons. The van der Waals surface area contributed by atoms with Crippen LogP contribution in [-0.4, -0.2) is 57.7 Å². The number of carbonyl (C=O) groups is 2. The molecule has 0 fully saturated rings. The molecule has 0 saturated heterocycles. The first-order chi connectivity index (χ1) is 13.1. The zero-order valence-electron chi connectivity index (χ0n) is 15.2. The van der Waals surface area contributed by atoms with Crippen LogP contribution in [0.25, 0.3) is 0 Å². The van der Waals surface area contributed by atoms with E-state index in [1.807, 2.05) is 0 Å². The Labute approximate surface area is 165 Å². The van der Waals surface area contributed by atoms with Gasteiger partial charge in [0.05, 0.1) is 6.61 Å². The van der Waals surface area contributed by atoms with E-state index in [0.717, 1.165) is 6.26 Å². The summed E-state index contributed by atoms with van der Waals surface area (Å²) in [5.74, 6) is -1.47. The monoisotopic (exact) mass is 436 g/mol. The second kappa shape index (κ2) is 11.3. The van der Waals surface area contributed by atoms with Crippen molar-refractivity contribution < 1.29 is 37.4 Å². The molecule has 1 rings (SSSR count). The highest BCUT2D eigenvalue weighted by Crippen LogP contribution is 2.24. The average Bonchev–Trinajstić information content (AvgIpc) is 2.61. The first-order valence-corrected chi connectivity index (χ1v) is 11.3. The number of esters is 2. The molecule has 0 saturated carbocycles. The first kappa shape index (κ1) is 23.5. The summed E-state index contributed by atoms with van der Waals surface area (Å²) in [6.45, 7) is -0.403. The molecule has 0 aliphatic carbocycles. The number of rotatable bonds is 12. The van der Waals surface area contributed by atoms with Gasteiger partial charge in [0, 0.05) is 31.2 Å². The van der Waals surface area contributed by atoms with Crippen LogP contribution in [0.3, 0.4) is 0 Å². The molecule has 0 aromatic heterocycles. The van der Waals surface area contributed by atoms with Gasteiger partial charge in [0.25, 0.3) is 5.09 Å². The van der Waals surface area contributed by atoms with Crippen LogP contribution in [0.5, 0.6) is 5.75 Å². The lowest BCUT2D eigenvalue weighted by Gasteiger charge is -2.12. The molecule has 28 heavy (non-hydrogen) atoms. The Balaban J connectivity index is 2.71. The molecular formula is C15H20N2O9S2. The second-order valence-electron chi connectivity index (χ2n) is 5.26. The van der Waals surface area contributed by atoms with Crippen molar-refractivity contribution >= 4 is 37.3 Å². The second-order valence-corrected chi connectivity index (χ2v) is 9.83. The predicted molar refractivity (Wildman–Crippen MR) is 101 cm³/mol. The molecule has 0 bridgehead atoms. The van der Waals surface area contributed by atoms with Gasteiger partial charge in [0.15, 0.2) is 8.87 Å². The molecule has 0 radical (unpaired) electrons. The van der Waals surface area contributed by atoms with Crippen molar-refractivity contribution in [1.29, 1.82) is 0 Å². The number of carbonyl (C=O) groups excluding carboxylic acids is 2. The van der Waals surface area contributed by atoms with Crippen molar-refractivity contribution in [3.8, 4) is 5.75 Å². The Hall–Kier alpha value is -2.54. The van der Waals surface area contributed by atoms with Gasteiger partial charge in [-0.1, -0.05) is 0 Å². The van der Waals surface area contributed by atoms with Crippen LogP contribution in [-0.2, 0) is 23.2 Å². The van der Waals surface area contributed by atoms with Gasteiger partial charge in [0.2, 0.25) is 0 Å². The fraction of sp³-hybridized carbons (Fsp3) is 0.467. The molecule has 11 nitrogen and oxygen atoms in total.